The Balaban J connectivity index is 2.22. The Labute approximate surface area is 129 Å². The van der Waals surface area contributed by atoms with Gasteiger partial charge in [0, 0.05) is 10.7 Å². The van der Waals surface area contributed by atoms with Gasteiger partial charge in [-0.1, -0.05) is 36.8 Å². The van der Waals surface area contributed by atoms with Crippen molar-refractivity contribution < 1.29 is 0 Å². The van der Waals surface area contributed by atoms with Crippen molar-refractivity contribution >= 4 is 15.9 Å². The van der Waals surface area contributed by atoms with Crippen molar-refractivity contribution in [2.45, 2.75) is 32.7 Å². The van der Waals surface area contributed by atoms with E-state index >= 15 is 0 Å². The molecule has 0 saturated heterocycles. The fourth-order valence-corrected chi connectivity index (χ4v) is 2.84. The third kappa shape index (κ3) is 4.15. The van der Waals surface area contributed by atoms with Gasteiger partial charge in [-0.15, -0.1) is 0 Å². The van der Waals surface area contributed by atoms with E-state index < -0.39 is 0 Å². The number of hydrogen-bond acceptors (Lipinski definition) is 2. The molecule has 0 aliphatic rings. The number of aryl methyl sites for hydroxylation is 1. The van der Waals surface area contributed by atoms with Crippen LogP contribution in [0, 0.1) is 6.92 Å². The number of rotatable bonds is 6. The van der Waals surface area contributed by atoms with Crippen molar-refractivity contribution in [1.82, 2.24) is 10.3 Å². The lowest BCUT2D eigenvalue weighted by molar-refractivity contribution is 0.516. The van der Waals surface area contributed by atoms with Crippen LogP contribution in [-0.4, -0.2) is 11.5 Å². The van der Waals surface area contributed by atoms with Crippen LogP contribution in [0.3, 0.4) is 0 Å². The standard InChI is InChI=1S/C17H21BrN2/c1-3-9-19-16(17-15(18)8-5-10-20-17)12-14-7-4-6-13(2)11-14/h4-8,10-11,16,19H,3,9,12H2,1-2H3. The zero-order chi connectivity index (χ0) is 14.4. The second-order valence-corrected chi connectivity index (χ2v) is 5.92. The minimum atomic E-state index is 0.243. The first-order valence-corrected chi connectivity index (χ1v) is 7.89. The summed E-state index contributed by atoms with van der Waals surface area (Å²) in [4.78, 5) is 4.54. The van der Waals surface area contributed by atoms with E-state index in [0.717, 1.165) is 29.6 Å². The number of hydrogen-bond donors (Lipinski definition) is 1. The number of nitrogens with one attached hydrogen (secondary N) is 1. The first kappa shape index (κ1) is 15.2. The number of halogens is 1. The summed E-state index contributed by atoms with van der Waals surface area (Å²) in [6, 6.07) is 12.9. The SMILES string of the molecule is CCCNC(Cc1cccc(C)c1)c1ncccc1Br. The Morgan fingerprint density at radius 1 is 1.25 bits per heavy atom. The molecule has 0 amide bonds. The predicted octanol–water partition coefficient (Wildman–Crippen LogP) is 4.44. The van der Waals surface area contributed by atoms with E-state index in [-0.39, 0.29) is 6.04 Å². The van der Waals surface area contributed by atoms with Gasteiger partial charge in [0.2, 0.25) is 0 Å². The van der Waals surface area contributed by atoms with E-state index in [1.54, 1.807) is 0 Å². The molecule has 1 unspecified atom stereocenters. The minimum absolute atomic E-state index is 0.243. The fraction of sp³-hybridized carbons (Fsp3) is 0.353. The highest BCUT2D eigenvalue weighted by atomic mass is 79.9. The maximum absolute atomic E-state index is 4.54. The van der Waals surface area contributed by atoms with E-state index in [4.69, 9.17) is 0 Å². The largest absolute Gasteiger partial charge is 0.308 e. The number of pyridine rings is 1. The Hall–Kier alpha value is -1.19. The third-order valence-electron chi connectivity index (χ3n) is 3.28. The molecule has 0 fully saturated rings. The monoisotopic (exact) mass is 332 g/mol. The summed E-state index contributed by atoms with van der Waals surface area (Å²) in [5.74, 6) is 0. The van der Waals surface area contributed by atoms with Gasteiger partial charge in [-0.25, -0.2) is 0 Å². The molecule has 2 aromatic rings. The molecule has 0 aliphatic carbocycles. The van der Waals surface area contributed by atoms with Crippen LogP contribution in [0.1, 0.15) is 36.2 Å². The zero-order valence-corrected chi connectivity index (χ0v) is 13.7. The van der Waals surface area contributed by atoms with E-state index in [0.29, 0.717) is 0 Å². The van der Waals surface area contributed by atoms with Gasteiger partial charge in [0.05, 0.1) is 11.7 Å². The van der Waals surface area contributed by atoms with E-state index in [1.807, 2.05) is 12.3 Å². The molecule has 0 aliphatic heterocycles. The molecule has 20 heavy (non-hydrogen) atoms. The van der Waals surface area contributed by atoms with Gasteiger partial charge < -0.3 is 5.32 Å². The number of nitrogens with zero attached hydrogens (tertiary/aromatic N) is 1. The minimum Gasteiger partial charge on any atom is -0.308 e. The molecule has 106 valence electrons. The molecule has 1 atom stereocenters. The highest BCUT2D eigenvalue weighted by Gasteiger charge is 2.15. The van der Waals surface area contributed by atoms with E-state index in [1.165, 1.54) is 11.1 Å². The normalized spacial score (nSPS) is 12.3. The van der Waals surface area contributed by atoms with Crippen molar-refractivity contribution in [1.29, 1.82) is 0 Å². The maximum Gasteiger partial charge on any atom is 0.0718 e. The molecular formula is C17H21BrN2. The Kier molecular flexibility index (Phi) is 5.74. The van der Waals surface area contributed by atoms with Crippen molar-refractivity contribution in [3.05, 3.63) is 63.9 Å². The molecule has 0 radical (unpaired) electrons. The van der Waals surface area contributed by atoms with Crippen LogP contribution in [0.2, 0.25) is 0 Å². The first-order chi connectivity index (χ1) is 9.70. The van der Waals surface area contributed by atoms with Crippen LogP contribution in [0.15, 0.2) is 47.1 Å². The van der Waals surface area contributed by atoms with Crippen LogP contribution in [0.4, 0.5) is 0 Å². The number of benzene rings is 1. The average molecular weight is 333 g/mol. The molecule has 1 N–H and O–H groups in total. The molecule has 0 saturated carbocycles. The van der Waals surface area contributed by atoms with Gasteiger partial charge in [-0.2, -0.15) is 0 Å². The van der Waals surface area contributed by atoms with Crippen LogP contribution in [0.5, 0.6) is 0 Å². The average Bonchev–Trinajstić information content (AvgIpc) is 2.44. The van der Waals surface area contributed by atoms with Gasteiger partial charge in [-0.05, 0) is 59.9 Å². The van der Waals surface area contributed by atoms with Gasteiger partial charge in [0.1, 0.15) is 0 Å². The van der Waals surface area contributed by atoms with Crippen molar-refractivity contribution in [2.75, 3.05) is 6.54 Å². The molecule has 2 nitrogen and oxygen atoms in total. The maximum atomic E-state index is 4.54. The fourth-order valence-electron chi connectivity index (χ4n) is 2.31. The van der Waals surface area contributed by atoms with Crippen LogP contribution >= 0.6 is 15.9 Å². The summed E-state index contributed by atoms with van der Waals surface area (Å²) in [5, 5.41) is 3.60. The second-order valence-electron chi connectivity index (χ2n) is 5.07. The van der Waals surface area contributed by atoms with Crippen LogP contribution < -0.4 is 5.32 Å². The lowest BCUT2D eigenvalue weighted by Crippen LogP contribution is -2.25. The Morgan fingerprint density at radius 3 is 2.80 bits per heavy atom. The van der Waals surface area contributed by atoms with Crippen LogP contribution in [-0.2, 0) is 6.42 Å². The topological polar surface area (TPSA) is 24.9 Å². The third-order valence-corrected chi connectivity index (χ3v) is 3.95. The molecule has 1 heterocycles. The van der Waals surface area contributed by atoms with Crippen molar-refractivity contribution in [2.24, 2.45) is 0 Å². The van der Waals surface area contributed by atoms with Crippen molar-refractivity contribution in [3.8, 4) is 0 Å². The molecule has 3 heteroatoms. The Morgan fingerprint density at radius 2 is 2.10 bits per heavy atom. The molecule has 2 rings (SSSR count). The first-order valence-electron chi connectivity index (χ1n) is 7.10. The van der Waals surface area contributed by atoms with Crippen molar-refractivity contribution in [3.63, 3.8) is 0 Å². The molecule has 1 aromatic carbocycles. The second kappa shape index (κ2) is 7.55. The van der Waals surface area contributed by atoms with E-state index in [9.17, 15) is 0 Å². The van der Waals surface area contributed by atoms with Gasteiger partial charge in [0.15, 0.2) is 0 Å². The highest BCUT2D eigenvalue weighted by molar-refractivity contribution is 9.10. The quantitative estimate of drug-likeness (QED) is 0.846. The van der Waals surface area contributed by atoms with Gasteiger partial charge in [-0.3, -0.25) is 4.98 Å². The summed E-state index contributed by atoms with van der Waals surface area (Å²) in [7, 11) is 0. The molecule has 1 aromatic heterocycles. The zero-order valence-electron chi connectivity index (χ0n) is 12.1. The Bertz CT molecular complexity index is 554. The highest BCUT2D eigenvalue weighted by Crippen LogP contribution is 2.24. The smallest absolute Gasteiger partial charge is 0.0718 e. The molecular weight excluding hydrogens is 312 g/mol. The molecule has 0 spiro atoms. The lowest BCUT2D eigenvalue weighted by Gasteiger charge is -2.19. The van der Waals surface area contributed by atoms with Crippen LogP contribution in [0.25, 0.3) is 0 Å². The summed E-state index contributed by atoms with van der Waals surface area (Å²) in [6.45, 7) is 5.32. The molecule has 0 bridgehead atoms. The summed E-state index contributed by atoms with van der Waals surface area (Å²) in [6.07, 6.45) is 3.93. The van der Waals surface area contributed by atoms with E-state index in [2.05, 4.69) is 70.4 Å². The van der Waals surface area contributed by atoms with Gasteiger partial charge >= 0.3 is 0 Å². The predicted molar refractivity (Wildman–Crippen MR) is 87.9 cm³/mol. The lowest BCUT2D eigenvalue weighted by atomic mass is 10.0. The van der Waals surface area contributed by atoms with Gasteiger partial charge in [0.25, 0.3) is 0 Å². The number of aromatic nitrogens is 1. The summed E-state index contributed by atoms with van der Waals surface area (Å²) < 4.78 is 1.07. The summed E-state index contributed by atoms with van der Waals surface area (Å²) >= 11 is 3.61. The summed E-state index contributed by atoms with van der Waals surface area (Å²) in [5.41, 5.74) is 3.73.